The molecule has 2 fully saturated rings. The average molecular weight is 432 g/mol. The zero-order valence-electron chi connectivity index (χ0n) is 18.7. The quantitative estimate of drug-likeness (QED) is 0.538. The van der Waals surface area contributed by atoms with Crippen molar-refractivity contribution in [2.24, 2.45) is 0 Å². The molecule has 0 aliphatic carbocycles. The first-order valence-corrected chi connectivity index (χ1v) is 11.1. The lowest BCUT2D eigenvalue weighted by Gasteiger charge is -2.41. The molecule has 0 unspecified atom stereocenters. The van der Waals surface area contributed by atoms with Gasteiger partial charge in [-0.3, -0.25) is 14.6 Å². The van der Waals surface area contributed by atoms with Crippen molar-refractivity contribution in [1.82, 2.24) is 14.7 Å². The predicted octanol–water partition coefficient (Wildman–Crippen LogP) is 3.37. The number of likely N-dealkylation sites (tertiary alicyclic amines) is 1. The summed E-state index contributed by atoms with van der Waals surface area (Å²) in [5, 5.41) is 0. The zero-order chi connectivity index (χ0) is 22.6. The molecule has 2 aromatic carbocycles. The van der Waals surface area contributed by atoms with Gasteiger partial charge in [-0.05, 0) is 43.5 Å². The maximum atomic E-state index is 13.4. The highest BCUT2D eigenvalue weighted by Crippen LogP contribution is 2.37. The maximum Gasteiger partial charge on any atom is 0.328 e. The van der Waals surface area contributed by atoms with Crippen molar-refractivity contribution in [2.45, 2.75) is 31.8 Å². The number of nitrogens with zero attached hydrogens (tertiary/aromatic N) is 3. The van der Waals surface area contributed by atoms with Crippen LogP contribution in [0, 0.1) is 11.8 Å². The molecule has 166 valence electrons. The molecule has 6 nitrogen and oxygen atoms in total. The second kappa shape index (κ2) is 9.46. The summed E-state index contributed by atoms with van der Waals surface area (Å²) in [6, 6.07) is 17.6. The fourth-order valence-corrected chi connectivity index (χ4v) is 4.69. The second-order valence-corrected chi connectivity index (χ2v) is 8.25. The van der Waals surface area contributed by atoms with Gasteiger partial charge in [0.15, 0.2) is 0 Å². The number of likely N-dealkylation sites (N-methyl/N-ethyl adjacent to an activating group) is 1. The molecule has 2 aromatic rings. The van der Waals surface area contributed by atoms with E-state index in [2.05, 4.69) is 28.9 Å². The van der Waals surface area contributed by atoms with Crippen LogP contribution in [0.25, 0.3) is 0 Å². The topological polar surface area (TPSA) is 53.1 Å². The van der Waals surface area contributed by atoms with E-state index >= 15 is 0 Å². The summed E-state index contributed by atoms with van der Waals surface area (Å²) in [5.41, 5.74) is 1.32. The molecule has 0 radical (unpaired) electrons. The summed E-state index contributed by atoms with van der Waals surface area (Å²) in [6.45, 7) is 4.99. The third-order valence-electron chi connectivity index (χ3n) is 6.41. The maximum absolute atomic E-state index is 13.4. The zero-order valence-corrected chi connectivity index (χ0v) is 18.7. The number of amides is 3. The standard InChI is InChI=1S/C26H29N3O3/c1-3-29-25(31)28(16-8-12-21-11-7-13-23(19-21)32-2)24(30)26(29)14-17-27(18-15-26)20-22-9-5-4-6-10-22/h4-7,9-11,13,19H,3,14-18,20H2,1-2H3. The minimum Gasteiger partial charge on any atom is -0.497 e. The van der Waals surface area contributed by atoms with Crippen LogP contribution in [0.15, 0.2) is 54.6 Å². The highest BCUT2D eigenvalue weighted by Gasteiger charge is 2.57. The SMILES string of the molecule is CCN1C(=O)N(CC#Cc2cccc(OC)c2)C(=O)C12CCN(Cc1ccccc1)CC2. The van der Waals surface area contributed by atoms with E-state index in [0.717, 1.165) is 30.9 Å². The summed E-state index contributed by atoms with van der Waals surface area (Å²) in [5.74, 6) is 6.67. The van der Waals surface area contributed by atoms with Gasteiger partial charge in [-0.15, -0.1) is 0 Å². The smallest absolute Gasteiger partial charge is 0.328 e. The van der Waals surface area contributed by atoms with Crippen molar-refractivity contribution in [2.75, 3.05) is 33.3 Å². The molecule has 2 saturated heterocycles. The number of benzene rings is 2. The van der Waals surface area contributed by atoms with Crippen molar-refractivity contribution in [1.29, 1.82) is 0 Å². The number of carbonyl (C=O) groups is 2. The summed E-state index contributed by atoms with van der Waals surface area (Å²) in [6.07, 6.45) is 1.30. The van der Waals surface area contributed by atoms with Gasteiger partial charge >= 0.3 is 6.03 Å². The molecule has 0 atom stereocenters. The molecule has 4 rings (SSSR count). The molecule has 0 N–H and O–H groups in total. The summed E-state index contributed by atoms with van der Waals surface area (Å²) >= 11 is 0. The molecular formula is C26H29N3O3. The molecule has 0 bridgehead atoms. The van der Waals surface area contributed by atoms with Crippen LogP contribution in [-0.4, -0.2) is 65.5 Å². The van der Waals surface area contributed by atoms with Crippen LogP contribution in [0.5, 0.6) is 5.75 Å². The van der Waals surface area contributed by atoms with E-state index in [1.165, 1.54) is 10.5 Å². The van der Waals surface area contributed by atoms with Crippen molar-refractivity contribution >= 4 is 11.9 Å². The van der Waals surface area contributed by atoms with Crippen molar-refractivity contribution in [3.8, 4) is 17.6 Å². The lowest BCUT2D eigenvalue weighted by Crippen LogP contribution is -2.56. The fraction of sp³-hybridized carbons (Fsp3) is 0.385. The third kappa shape index (κ3) is 4.21. The van der Waals surface area contributed by atoms with Crippen LogP contribution in [0.4, 0.5) is 4.79 Å². The van der Waals surface area contributed by atoms with E-state index in [4.69, 9.17) is 4.74 Å². The predicted molar refractivity (Wildman–Crippen MR) is 123 cm³/mol. The number of hydrogen-bond donors (Lipinski definition) is 0. The average Bonchev–Trinajstić information content (AvgIpc) is 3.02. The summed E-state index contributed by atoms with van der Waals surface area (Å²) < 4.78 is 5.22. The van der Waals surface area contributed by atoms with Gasteiger partial charge in [0.25, 0.3) is 5.91 Å². The van der Waals surface area contributed by atoms with Crippen LogP contribution in [0.1, 0.15) is 30.9 Å². The van der Waals surface area contributed by atoms with E-state index < -0.39 is 5.54 Å². The number of urea groups is 1. The molecule has 2 aliphatic heterocycles. The molecular weight excluding hydrogens is 402 g/mol. The number of hydrogen-bond acceptors (Lipinski definition) is 4. The van der Waals surface area contributed by atoms with Gasteiger partial charge in [-0.25, -0.2) is 4.79 Å². The third-order valence-corrected chi connectivity index (χ3v) is 6.41. The van der Waals surface area contributed by atoms with Gasteiger partial charge in [0.1, 0.15) is 11.3 Å². The molecule has 2 aliphatic rings. The van der Waals surface area contributed by atoms with E-state index in [1.807, 2.05) is 49.4 Å². The Balaban J connectivity index is 1.44. The lowest BCUT2D eigenvalue weighted by atomic mass is 9.85. The number of ether oxygens (including phenoxy) is 1. The number of imide groups is 1. The number of piperidine rings is 1. The molecule has 3 amide bonds. The first kappa shape index (κ1) is 21.9. The molecule has 0 aromatic heterocycles. The molecule has 32 heavy (non-hydrogen) atoms. The molecule has 0 saturated carbocycles. The largest absolute Gasteiger partial charge is 0.497 e. The summed E-state index contributed by atoms with van der Waals surface area (Å²) in [7, 11) is 1.61. The van der Waals surface area contributed by atoms with Crippen LogP contribution < -0.4 is 4.74 Å². The normalized spacial score (nSPS) is 18.1. The van der Waals surface area contributed by atoms with Crippen LogP contribution in [0.2, 0.25) is 0 Å². The Morgan fingerprint density at radius 1 is 1.03 bits per heavy atom. The Hall–Kier alpha value is -3.30. The Bertz CT molecular complexity index is 1030. The summed E-state index contributed by atoms with van der Waals surface area (Å²) in [4.78, 5) is 31.9. The Labute approximate surface area is 189 Å². The second-order valence-electron chi connectivity index (χ2n) is 8.25. The Morgan fingerprint density at radius 3 is 2.47 bits per heavy atom. The monoisotopic (exact) mass is 431 g/mol. The van der Waals surface area contributed by atoms with Gasteiger partial charge in [-0.2, -0.15) is 0 Å². The van der Waals surface area contributed by atoms with Crippen LogP contribution >= 0.6 is 0 Å². The molecule has 1 spiro atoms. The van der Waals surface area contributed by atoms with Crippen LogP contribution in [-0.2, 0) is 11.3 Å². The van der Waals surface area contributed by atoms with Gasteiger partial charge in [0.2, 0.25) is 0 Å². The lowest BCUT2D eigenvalue weighted by molar-refractivity contribution is -0.135. The number of methoxy groups -OCH3 is 1. The Morgan fingerprint density at radius 2 is 1.78 bits per heavy atom. The van der Waals surface area contributed by atoms with Crippen molar-refractivity contribution in [3.63, 3.8) is 0 Å². The van der Waals surface area contributed by atoms with Gasteiger partial charge in [-0.1, -0.05) is 48.2 Å². The molecule has 2 heterocycles. The first-order valence-electron chi connectivity index (χ1n) is 11.1. The Kier molecular flexibility index (Phi) is 6.48. The minimum absolute atomic E-state index is 0.0981. The van der Waals surface area contributed by atoms with Crippen LogP contribution in [0.3, 0.4) is 0 Å². The first-order chi connectivity index (χ1) is 15.6. The fourth-order valence-electron chi connectivity index (χ4n) is 4.69. The van der Waals surface area contributed by atoms with Gasteiger partial charge in [0, 0.05) is 31.7 Å². The van der Waals surface area contributed by atoms with Crippen molar-refractivity contribution in [3.05, 3.63) is 65.7 Å². The van der Waals surface area contributed by atoms with E-state index in [-0.39, 0.29) is 18.5 Å². The van der Waals surface area contributed by atoms with Gasteiger partial charge < -0.3 is 9.64 Å². The van der Waals surface area contributed by atoms with Gasteiger partial charge in [0.05, 0.1) is 13.7 Å². The van der Waals surface area contributed by atoms with E-state index in [1.54, 1.807) is 12.0 Å². The number of carbonyl (C=O) groups excluding carboxylic acids is 2. The minimum atomic E-state index is -0.739. The van der Waals surface area contributed by atoms with E-state index in [0.29, 0.717) is 19.4 Å². The number of rotatable bonds is 5. The van der Waals surface area contributed by atoms with E-state index in [9.17, 15) is 9.59 Å². The molecule has 6 heteroatoms. The van der Waals surface area contributed by atoms with Crippen molar-refractivity contribution < 1.29 is 14.3 Å². The highest BCUT2D eigenvalue weighted by atomic mass is 16.5. The highest BCUT2D eigenvalue weighted by molar-refractivity contribution is 6.07.